The molecule has 2 aromatic carbocycles. The van der Waals surface area contributed by atoms with Crippen molar-refractivity contribution in [2.24, 2.45) is 0 Å². The van der Waals surface area contributed by atoms with Crippen LogP contribution in [0.5, 0.6) is 0 Å². The Balaban J connectivity index is 1.94. The number of carbonyl (C=O) groups is 1. The van der Waals surface area contributed by atoms with E-state index >= 15 is 0 Å². The largest absolute Gasteiger partial charge is 0.493 e. The third-order valence-corrected chi connectivity index (χ3v) is 4.89. The summed E-state index contributed by atoms with van der Waals surface area (Å²) in [5.41, 5.74) is 1.24. The molecule has 1 heterocycles. The van der Waals surface area contributed by atoms with Crippen molar-refractivity contribution in [1.29, 1.82) is 0 Å². The number of carbonyl (C=O) groups excluding carboxylic acids is 1. The smallest absolute Gasteiger partial charge is 0.265 e. The Morgan fingerprint density at radius 1 is 1.24 bits per heavy atom. The van der Waals surface area contributed by atoms with Crippen LogP contribution < -0.4 is 5.32 Å². The minimum atomic E-state index is -0.844. The highest BCUT2D eigenvalue weighted by molar-refractivity contribution is 8.04. The molecule has 0 aliphatic carbocycles. The van der Waals surface area contributed by atoms with E-state index in [4.69, 9.17) is 16.3 Å². The number of allylic oxidation sites excluding steroid dienone is 1. The van der Waals surface area contributed by atoms with E-state index in [1.165, 1.54) is 17.8 Å². The predicted molar refractivity (Wildman–Crippen MR) is 96.9 cm³/mol. The van der Waals surface area contributed by atoms with Crippen LogP contribution in [-0.4, -0.2) is 24.9 Å². The maximum atomic E-state index is 14.2. The summed E-state index contributed by atoms with van der Waals surface area (Å²) >= 11 is 7.04. The maximum absolute atomic E-state index is 14.2. The van der Waals surface area contributed by atoms with E-state index in [0.29, 0.717) is 29.2 Å². The molecule has 130 valence electrons. The van der Waals surface area contributed by atoms with Gasteiger partial charge in [-0.3, -0.25) is 4.79 Å². The van der Waals surface area contributed by atoms with Crippen LogP contribution in [0.3, 0.4) is 0 Å². The number of nitrogens with one attached hydrogen (secondary N) is 1. The Bertz CT molecular complexity index is 842. The van der Waals surface area contributed by atoms with Gasteiger partial charge in [-0.2, -0.15) is 0 Å². The fourth-order valence-electron chi connectivity index (χ4n) is 2.46. The molecule has 1 amide bonds. The van der Waals surface area contributed by atoms with Crippen molar-refractivity contribution < 1.29 is 18.3 Å². The molecular weight excluding hydrogens is 368 g/mol. The molecule has 0 radical (unpaired) electrons. The number of anilines is 1. The summed E-state index contributed by atoms with van der Waals surface area (Å²) in [6, 6.07) is 11.2. The Kier molecular flexibility index (Phi) is 5.60. The van der Waals surface area contributed by atoms with E-state index in [0.717, 1.165) is 0 Å². The van der Waals surface area contributed by atoms with Crippen molar-refractivity contribution in [2.75, 3.05) is 24.4 Å². The number of hydrogen-bond acceptors (Lipinski definition) is 3. The van der Waals surface area contributed by atoms with Gasteiger partial charge in [0.05, 0.1) is 6.61 Å². The molecule has 0 saturated heterocycles. The molecule has 0 bridgehead atoms. The summed E-state index contributed by atoms with van der Waals surface area (Å²) in [5.74, 6) is -0.365. The first-order valence-corrected chi connectivity index (χ1v) is 8.87. The van der Waals surface area contributed by atoms with Gasteiger partial charge in [-0.05, 0) is 24.3 Å². The second-order valence-electron chi connectivity index (χ2n) is 5.21. The second kappa shape index (κ2) is 7.89. The van der Waals surface area contributed by atoms with Gasteiger partial charge >= 0.3 is 0 Å². The monoisotopic (exact) mass is 381 g/mol. The van der Waals surface area contributed by atoms with Crippen LogP contribution in [0.25, 0.3) is 11.1 Å². The zero-order valence-electron chi connectivity index (χ0n) is 13.0. The van der Waals surface area contributed by atoms with Gasteiger partial charge in [0.1, 0.15) is 23.2 Å². The lowest BCUT2D eigenvalue weighted by molar-refractivity contribution is -0.112. The lowest BCUT2D eigenvalue weighted by Crippen LogP contribution is -2.20. The first kappa shape index (κ1) is 17.8. The molecule has 1 aliphatic rings. The molecule has 0 fully saturated rings. The maximum Gasteiger partial charge on any atom is 0.265 e. The van der Waals surface area contributed by atoms with Crippen molar-refractivity contribution in [3.05, 3.63) is 64.0 Å². The van der Waals surface area contributed by atoms with Crippen molar-refractivity contribution >= 4 is 35.0 Å². The van der Waals surface area contributed by atoms with E-state index in [1.807, 2.05) is 0 Å². The Labute approximate surface area is 153 Å². The van der Waals surface area contributed by atoms with Gasteiger partial charge in [-0.1, -0.05) is 29.8 Å². The van der Waals surface area contributed by atoms with E-state index in [9.17, 15) is 13.6 Å². The first-order chi connectivity index (χ1) is 12.1. The Morgan fingerprint density at radius 2 is 2.04 bits per heavy atom. The summed E-state index contributed by atoms with van der Waals surface area (Å²) in [6.07, 6.45) is 0. The second-order valence-corrected chi connectivity index (χ2v) is 6.75. The summed E-state index contributed by atoms with van der Waals surface area (Å²) in [5, 5.41) is 3.01. The molecule has 0 atom stereocenters. The number of ether oxygens (including phenoxy) is 1. The molecule has 2 aromatic rings. The van der Waals surface area contributed by atoms with Crippen LogP contribution in [0.4, 0.5) is 14.5 Å². The van der Waals surface area contributed by atoms with Crippen LogP contribution in [0.15, 0.2) is 53.1 Å². The molecule has 3 nitrogen and oxygen atoms in total. The molecule has 1 aliphatic heterocycles. The van der Waals surface area contributed by atoms with Gasteiger partial charge in [0.2, 0.25) is 0 Å². The topological polar surface area (TPSA) is 38.3 Å². The van der Waals surface area contributed by atoms with Gasteiger partial charge in [0.15, 0.2) is 0 Å². The van der Waals surface area contributed by atoms with Crippen molar-refractivity contribution in [2.45, 2.75) is 0 Å². The number of alkyl halides is 1. The zero-order chi connectivity index (χ0) is 17.8. The fourth-order valence-corrected chi connectivity index (χ4v) is 3.45. The number of amides is 1. The van der Waals surface area contributed by atoms with Gasteiger partial charge < -0.3 is 10.1 Å². The predicted octanol–water partition coefficient (Wildman–Crippen LogP) is 5.03. The van der Waals surface area contributed by atoms with E-state index in [2.05, 4.69) is 5.32 Å². The molecule has 0 saturated carbocycles. The molecule has 7 heteroatoms. The number of thioether (sulfide) groups is 1. The fraction of sp³-hybridized carbons (Fsp3) is 0.167. The van der Waals surface area contributed by atoms with Crippen LogP contribution >= 0.6 is 23.4 Å². The molecule has 1 N–H and O–H groups in total. The normalized spacial score (nSPS) is 14.2. The van der Waals surface area contributed by atoms with Gasteiger partial charge in [-0.15, -0.1) is 11.8 Å². The minimum Gasteiger partial charge on any atom is -0.493 e. The summed E-state index contributed by atoms with van der Waals surface area (Å²) < 4.78 is 32.5. The van der Waals surface area contributed by atoms with Gasteiger partial charge in [-0.25, -0.2) is 8.78 Å². The number of para-hydroxylation sites is 1. The molecule has 25 heavy (non-hydrogen) atoms. The highest BCUT2D eigenvalue weighted by atomic mass is 35.5. The molecule has 0 unspecified atom stereocenters. The average Bonchev–Trinajstić information content (AvgIpc) is 2.62. The van der Waals surface area contributed by atoms with Crippen LogP contribution in [-0.2, 0) is 9.53 Å². The van der Waals surface area contributed by atoms with E-state index in [1.54, 1.807) is 36.4 Å². The van der Waals surface area contributed by atoms with Crippen LogP contribution in [0.1, 0.15) is 0 Å². The molecular formula is C18H14ClF2NO2S. The standard InChI is InChI=1S/C18H14ClF2NO2S/c19-11-5-6-12(14(21)9-11)13-3-1-2-4-15(13)22-18(23)17-16(10-20)24-7-8-25-17/h1-6,9H,7-8,10H2,(H,22,23). The quantitative estimate of drug-likeness (QED) is 0.807. The van der Waals surface area contributed by atoms with E-state index in [-0.39, 0.29) is 15.7 Å². The first-order valence-electron chi connectivity index (χ1n) is 7.50. The average molecular weight is 382 g/mol. The lowest BCUT2D eigenvalue weighted by Gasteiger charge is -2.19. The van der Waals surface area contributed by atoms with Crippen LogP contribution in [0, 0.1) is 5.82 Å². The summed E-state index contributed by atoms with van der Waals surface area (Å²) in [4.78, 5) is 12.7. The van der Waals surface area contributed by atoms with Crippen molar-refractivity contribution in [3.8, 4) is 11.1 Å². The Morgan fingerprint density at radius 3 is 2.80 bits per heavy atom. The molecule has 3 rings (SSSR count). The number of hydrogen-bond donors (Lipinski definition) is 1. The third kappa shape index (κ3) is 3.96. The number of rotatable bonds is 4. The highest BCUT2D eigenvalue weighted by Crippen LogP contribution is 2.33. The SMILES string of the molecule is O=C(Nc1ccccc1-c1ccc(Cl)cc1F)C1=C(CF)OCCS1. The third-order valence-electron chi connectivity index (χ3n) is 3.58. The number of benzene rings is 2. The minimum absolute atomic E-state index is 0.0314. The number of halogens is 3. The van der Waals surface area contributed by atoms with E-state index < -0.39 is 18.4 Å². The summed E-state index contributed by atoms with van der Waals surface area (Å²) in [6.45, 7) is -0.476. The van der Waals surface area contributed by atoms with Gasteiger partial charge in [0.25, 0.3) is 5.91 Å². The molecule has 0 spiro atoms. The van der Waals surface area contributed by atoms with Crippen LogP contribution in [0.2, 0.25) is 5.02 Å². The molecule has 0 aromatic heterocycles. The van der Waals surface area contributed by atoms with Crippen molar-refractivity contribution in [3.63, 3.8) is 0 Å². The Hall–Kier alpha value is -2.05. The highest BCUT2D eigenvalue weighted by Gasteiger charge is 2.22. The van der Waals surface area contributed by atoms with Crippen molar-refractivity contribution in [1.82, 2.24) is 0 Å². The summed E-state index contributed by atoms with van der Waals surface area (Å²) in [7, 11) is 0. The lowest BCUT2D eigenvalue weighted by atomic mass is 10.0. The van der Waals surface area contributed by atoms with Gasteiger partial charge in [0, 0.05) is 27.6 Å². The zero-order valence-corrected chi connectivity index (χ0v) is 14.6.